The number of carbonyl (C=O) groups is 1. The van der Waals surface area contributed by atoms with Crippen molar-refractivity contribution < 1.29 is 22.7 Å². The van der Waals surface area contributed by atoms with Crippen LogP contribution in [-0.4, -0.2) is 43.5 Å². The predicted octanol–water partition coefficient (Wildman–Crippen LogP) is 3.46. The number of aromatic nitrogens is 1. The monoisotopic (exact) mass is 457 g/mol. The summed E-state index contributed by atoms with van der Waals surface area (Å²) in [6.45, 7) is 1.31. The van der Waals surface area contributed by atoms with Gasteiger partial charge in [-0.2, -0.15) is 4.31 Å². The fourth-order valence-electron chi connectivity index (χ4n) is 3.53. The molecule has 0 aliphatic carbocycles. The second kappa shape index (κ2) is 7.95. The van der Waals surface area contributed by atoms with Gasteiger partial charge >= 0.3 is 0 Å². The molecular weight excluding hydrogens is 438 g/mol. The molecule has 2 aliphatic rings. The van der Waals surface area contributed by atoms with Gasteiger partial charge in [0.1, 0.15) is 0 Å². The van der Waals surface area contributed by atoms with E-state index in [-0.39, 0.29) is 17.6 Å². The van der Waals surface area contributed by atoms with E-state index in [1.165, 1.54) is 21.7 Å². The van der Waals surface area contributed by atoms with Crippen molar-refractivity contribution in [3.63, 3.8) is 0 Å². The largest absolute Gasteiger partial charge is 0.454 e. The van der Waals surface area contributed by atoms with Crippen molar-refractivity contribution in [2.75, 3.05) is 25.2 Å². The third-order valence-electron chi connectivity index (χ3n) is 5.12. The number of carbonyl (C=O) groups excluding carboxylic acids is 1. The summed E-state index contributed by atoms with van der Waals surface area (Å²) in [5, 5.41) is 3.14. The minimum atomic E-state index is -3.49. The van der Waals surface area contributed by atoms with Crippen LogP contribution in [0.1, 0.15) is 18.4 Å². The predicted molar refractivity (Wildman–Crippen MR) is 118 cm³/mol. The van der Waals surface area contributed by atoms with E-state index in [2.05, 4.69) is 10.3 Å². The molecule has 31 heavy (non-hydrogen) atoms. The molecule has 5 rings (SSSR count). The second-order valence-corrected chi connectivity index (χ2v) is 10.2. The first-order valence-corrected chi connectivity index (χ1v) is 12.0. The van der Waals surface area contributed by atoms with E-state index in [9.17, 15) is 13.2 Å². The minimum absolute atomic E-state index is 0.196. The fourth-order valence-corrected chi connectivity index (χ4v) is 6.06. The highest BCUT2D eigenvalue weighted by molar-refractivity contribution is 7.89. The van der Waals surface area contributed by atoms with Gasteiger partial charge in [0.2, 0.25) is 22.7 Å². The van der Waals surface area contributed by atoms with E-state index in [1.807, 2.05) is 6.07 Å². The van der Waals surface area contributed by atoms with Crippen LogP contribution in [0, 0.1) is 0 Å². The molecule has 1 fully saturated rings. The van der Waals surface area contributed by atoms with Crippen molar-refractivity contribution in [3.8, 4) is 11.5 Å². The summed E-state index contributed by atoms with van der Waals surface area (Å²) in [5.41, 5.74) is 1.45. The molecule has 0 spiro atoms. The summed E-state index contributed by atoms with van der Waals surface area (Å²) < 4.78 is 38.4. The van der Waals surface area contributed by atoms with Crippen molar-refractivity contribution in [2.24, 2.45) is 0 Å². The van der Waals surface area contributed by atoms with Crippen molar-refractivity contribution in [1.82, 2.24) is 9.29 Å². The van der Waals surface area contributed by atoms with E-state index in [4.69, 9.17) is 9.47 Å². The summed E-state index contributed by atoms with van der Waals surface area (Å²) >= 11 is 1.24. The Morgan fingerprint density at radius 2 is 1.90 bits per heavy atom. The number of rotatable bonds is 5. The number of nitrogens with zero attached hydrogens (tertiary/aromatic N) is 2. The summed E-state index contributed by atoms with van der Waals surface area (Å²) in [6.07, 6.45) is 4.86. The first-order chi connectivity index (χ1) is 15.0. The molecule has 0 radical (unpaired) electrons. The van der Waals surface area contributed by atoms with Gasteiger partial charge in [0.25, 0.3) is 0 Å². The number of hydrogen-bond acceptors (Lipinski definition) is 7. The first-order valence-electron chi connectivity index (χ1n) is 9.78. The van der Waals surface area contributed by atoms with Crippen molar-refractivity contribution in [1.29, 1.82) is 0 Å². The molecule has 0 unspecified atom stereocenters. The smallest absolute Gasteiger partial charge is 0.250 e. The lowest BCUT2D eigenvalue weighted by Gasteiger charge is -2.15. The average molecular weight is 458 g/mol. The van der Waals surface area contributed by atoms with E-state index >= 15 is 0 Å². The van der Waals surface area contributed by atoms with Crippen LogP contribution in [0.4, 0.5) is 5.13 Å². The zero-order valence-electron chi connectivity index (χ0n) is 16.4. The zero-order chi connectivity index (χ0) is 21.4. The summed E-state index contributed by atoms with van der Waals surface area (Å²) in [4.78, 5) is 16.9. The molecule has 0 saturated carbocycles. The van der Waals surface area contributed by atoms with Gasteiger partial charge in [-0.05, 0) is 54.8 Å². The standard InChI is InChI=1S/C21H19N3O5S2/c25-20(8-4-14-3-7-17-18(11-14)29-13-28-17)23-21-22-16-6-5-15(12-19(16)30-21)31(26,27)24-9-1-2-10-24/h3-8,11-12H,1-2,9-10,13H2,(H,22,23,25)/b8-4+. The number of amides is 1. The summed E-state index contributed by atoms with van der Waals surface area (Å²) in [7, 11) is -3.49. The Hall–Kier alpha value is -2.95. The molecule has 3 aromatic rings. The normalized spacial score (nSPS) is 16.4. The Morgan fingerprint density at radius 3 is 2.74 bits per heavy atom. The zero-order valence-corrected chi connectivity index (χ0v) is 18.0. The lowest BCUT2D eigenvalue weighted by Crippen LogP contribution is -2.27. The topological polar surface area (TPSA) is 97.8 Å². The number of thiazole rings is 1. The maximum absolute atomic E-state index is 12.8. The second-order valence-electron chi connectivity index (χ2n) is 7.20. The van der Waals surface area contributed by atoms with Crippen molar-refractivity contribution >= 4 is 48.7 Å². The van der Waals surface area contributed by atoms with Gasteiger partial charge in [0, 0.05) is 19.2 Å². The van der Waals surface area contributed by atoms with Gasteiger partial charge in [-0.15, -0.1) is 0 Å². The van der Waals surface area contributed by atoms with E-state index in [0.29, 0.717) is 39.9 Å². The molecule has 2 aliphatic heterocycles. The molecule has 1 amide bonds. The molecule has 3 heterocycles. The van der Waals surface area contributed by atoms with Gasteiger partial charge < -0.3 is 9.47 Å². The highest BCUT2D eigenvalue weighted by Gasteiger charge is 2.27. The third-order valence-corrected chi connectivity index (χ3v) is 7.94. The lowest BCUT2D eigenvalue weighted by molar-refractivity contribution is -0.111. The SMILES string of the molecule is O=C(/C=C/c1ccc2c(c1)OCO2)Nc1nc2ccc(S(=O)(=O)N3CCCC3)cc2s1. The van der Waals surface area contributed by atoms with E-state index in [1.54, 1.807) is 36.4 Å². The Balaban J connectivity index is 1.30. The average Bonchev–Trinajstić information content (AvgIpc) is 3.51. The van der Waals surface area contributed by atoms with Crippen LogP contribution in [-0.2, 0) is 14.8 Å². The Kier molecular flexibility index (Phi) is 5.12. The molecule has 8 nitrogen and oxygen atoms in total. The number of anilines is 1. The molecule has 1 aromatic heterocycles. The van der Waals surface area contributed by atoms with Crippen LogP contribution < -0.4 is 14.8 Å². The Labute approximate surface area is 183 Å². The van der Waals surface area contributed by atoms with E-state index in [0.717, 1.165) is 18.4 Å². The van der Waals surface area contributed by atoms with Gasteiger partial charge in [-0.3, -0.25) is 10.1 Å². The summed E-state index contributed by atoms with van der Waals surface area (Å²) in [5.74, 6) is 0.997. The molecule has 0 atom stereocenters. The number of hydrogen-bond donors (Lipinski definition) is 1. The molecule has 10 heteroatoms. The fraction of sp³-hybridized carbons (Fsp3) is 0.238. The first kappa shape index (κ1) is 20.0. The minimum Gasteiger partial charge on any atom is -0.454 e. The molecule has 160 valence electrons. The quantitative estimate of drug-likeness (QED) is 0.590. The highest BCUT2D eigenvalue weighted by Crippen LogP contribution is 2.33. The summed E-state index contributed by atoms with van der Waals surface area (Å²) in [6, 6.07) is 10.3. The number of fused-ring (bicyclic) bond motifs is 2. The molecule has 1 N–H and O–H groups in total. The van der Waals surface area contributed by atoms with Crippen LogP contribution in [0.15, 0.2) is 47.4 Å². The third kappa shape index (κ3) is 4.01. The van der Waals surface area contributed by atoms with Crippen molar-refractivity contribution in [3.05, 3.63) is 48.0 Å². The van der Waals surface area contributed by atoms with Gasteiger partial charge in [-0.1, -0.05) is 17.4 Å². The number of ether oxygens (including phenoxy) is 2. The molecule has 0 bridgehead atoms. The van der Waals surface area contributed by atoms with Crippen LogP contribution in [0.3, 0.4) is 0 Å². The van der Waals surface area contributed by atoms with E-state index < -0.39 is 10.0 Å². The van der Waals surface area contributed by atoms with Crippen LogP contribution >= 0.6 is 11.3 Å². The molecular formula is C21H19N3O5S2. The lowest BCUT2D eigenvalue weighted by atomic mass is 10.2. The van der Waals surface area contributed by atoms with Crippen LogP contribution in [0.5, 0.6) is 11.5 Å². The Morgan fingerprint density at radius 1 is 1.10 bits per heavy atom. The number of nitrogens with one attached hydrogen (secondary N) is 1. The van der Waals surface area contributed by atoms with Crippen molar-refractivity contribution in [2.45, 2.75) is 17.7 Å². The van der Waals surface area contributed by atoms with Crippen LogP contribution in [0.25, 0.3) is 16.3 Å². The number of sulfonamides is 1. The van der Waals surface area contributed by atoms with Crippen LogP contribution in [0.2, 0.25) is 0 Å². The van der Waals surface area contributed by atoms with Gasteiger partial charge in [0.05, 0.1) is 15.1 Å². The Bertz CT molecular complexity index is 1290. The van der Waals surface area contributed by atoms with Gasteiger partial charge in [-0.25, -0.2) is 13.4 Å². The highest BCUT2D eigenvalue weighted by atomic mass is 32.2. The number of benzene rings is 2. The molecule has 2 aromatic carbocycles. The maximum atomic E-state index is 12.8. The van der Waals surface area contributed by atoms with Gasteiger partial charge in [0.15, 0.2) is 16.6 Å². The maximum Gasteiger partial charge on any atom is 0.250 e. The molecule has 1 saturated heterocycles.